The van der Waals surface area contributed by atoms with E-state index in [1.165, 1.54) is 11.7 Å². The summed E-state index contributed by atoms with van der Waals surface area (Å²) in [7, 11) is -3.91. The smallest absolute Gasteiger partial charge is 0.264 e. The second-order valence-corrected chi connectivity index (χ2v) is 10.4. The number of hydrogen-bond acceptors (Lipinski definition) is 5. The zero-order valence-electron chi connectivity index (χ0n) is 13.5. The first-order valence-electron chi connectivity index (χ1n) is 8.50. The Hall–Kier alpha value is 0.150. The van der Waals surface area contributed by atoms with Crippen LogP contribution in [0.15, 0.2) is 0 Å². The van der Waals surface area contributed by atoms with Gasteiger partial charge in [0.25, 0.3) is 10.1 Å². The molecule has 1 aliphatic heterocycles. The molecule has 0 radical (unpaired) electrons. The second kappa shape index (κ2) is 9.59. The Morgan fingerprint density at radius 1 is 1.22 bits per heavy atom. The number of carbonyl (C=O) groups excluding carboxylic acids is 1. The monoisotopic (exact) mass is 379 g/mol. The van der Waals surface area contributed by atoms with E-state index in [9.17, 15) is 13.2 Å². The molecule has 1 heterocycles. The highest BCUT2D eigenvalue weighted by Gasteiger charge is 2.38. The van der Waals surface area contributed by atoms with Crippen LogP contribution in [0, 0.1) is 17.1 Å². The van der Waals surface area contributed by atoms with Crippen LogP contribution in [0.5, 0.6) is 0 Å². The molecular formula is C16H27O4S3+. The molecule has 1 N–H and O–H groups in total. The summed E-state index contributed by atoms with van der Waals surface area (Å²) in [5, 5.41) is 1.35. The number of Topliss-reactive ketones (excluding diaryl/α,β-unsaturated/α-hetero) is 1. The molecule has 0 spiro atoms. The molecule has 1 saturated heterocycles. The fraction of sp³-hybridized carbons (Fsp3) is 0.875. The molecule has 132 valence electrons. The molecule has 0 amide bonds. The molecule has 1 atom stereocenters. The Bertz CT molecular complexity index is 466. The fourth-order valence-corrected chi connectivity index (χ4v) is 6.60. The van der Waals surface area contributed by atoms with Gasteiger partial charge in [-0.3, -0.25) is 9.35 Å². The van der Waals surface area contributed by atoms with Gasteiger partial charge in [-0.2, -0.15) is 8.42 Å². The van der Waals surface area contributed by atoms with E-state index >= 15 is 0 Å². The third kappa shape index (κ3) is 7.28. The molecule has 1 aliphatic carbocycles. The number of hydrogen-bond donors (Lipinski definition) is 1. The maximum Gasteiger partial charge on any atom is 0.264 e. The van der Waals surface area contributed by atoms with Gasteiger partial charge < -0.3 is 0 Å². The van der Waals surface area contributed by atoms with Gasteiger partial charge in [-0.15, -0.1) is 11.8 Å². The molecule has 0 bridgehead atoms. The van der Waals surface area contributed by atoms with Crippen LogP contribution in [0.2, 0.25) is 0 Å². The zero-order valence-corrected chi connectivity index (χ0v) is 16.0. The summed E-state index contributed by atoms with van der Waals surface area (Å²) in [6, 6.07) is 0. The average molecular weight is 380 g/mol. The van der Waals surface area contributed by atoms with Crippen molar-refractivity contribution in [2.75, 3.05) is 23.0 Å². The maximum atomic E-state index is 12.6. The van der Waals surface area contributed by atoms with Crippen LogP contribution in [-0.4, -0.2) is 41.8 Å². The number of rotatable bonds is 8. The first-order chi connectivity index (χ1) is 11.0. The van der Waals surface area contributed by atoms with E-state index < -0.39 is 10.1 Å². The van der Waals surface area contributed by atoms with E-state index in [0.717, 1.165) is 42.9 Å². The molecule has 0 aromatic carbocycles. The predicted molar refractivity (Wildman–Crippen MR) is 98.4 cm³/mol. The third-order valence-electron chi connectivity index (χ3n) is 4.68. The first kappa shape index (κ1) is 19.5. The third-order valence-corrected chi connectivity index (χ3v) is 8.19. The van der Waals surface area contributed by atoms with Crippen LogP contribution >= 0.6 is 23.5 Å². The average Bonchev–Trinajstić information content (AvgIpc) is 2.54. The van der Waals surface area contributed by atoms with Crippen molar-refractivity contribution >= 4 is 39.4 Å². The summed E-state index contributed by atoms with van der Waals surface area (Å²) in [5.41, 5.74) is 0. The van der Waals surface area contributed by atoms with Crippen molar-refractivity contribution in [3.63, 3.8) is 0 Å². The molecule has 7 heteroatoms. The van der Waals surface area contributed by atoms with E-state index in [0.29, 0.717) is 25.0 Å². The van der Waals surface area contributed by atoms with E-state index in [1.54, 1.807) is 0 Å². The van der Waals surface area contributed by atoms with Crippen molar-refractivity contribution in [1.29, 1.82) is 0 Å². The normalized spacial score (nSPS) is 22.0. The maximum absolute atomic E-state index is 12.6. The summed E-state index contributed by atoms with van der Waals surface area (Å²) >= 11 is 3.75. The lowest BCUT2D eigenvalue weighted by Gasteiger charge is -2.23. The molecule has 0 aromatic heterocycles. The highest BCUT2D eigenvalue weighted by atomic mass is 32.2. The summed E-state index contributed by atoms with van der Waals surface area (Å²) in [6.45, 7) is 0. The van der Waals surface area contributed by atoms with E-state index in [-0.39, 0.29) is 17.6 Å². The number of thioether (sulfide) groups is 2. The van der Waals surface area contributed by atoms with E-state index in [1.807, 2.05) is 23.5 Å². The standard InChI is InChI=1S/C16H26O4S3/c17-15(13-5-2-1-3-6-13)11-14(7-4-10-23(18,19)20)16-12-21-8-9-22-16/h13-14H,1-12H2/p+1. The number of ketones is 1. The van der Waals surface area contributed by atoms with E-state index in [2.05, 4.69) is 0 Å². The van der Waals surface area contributed by atoms with Crippen LogP contribution in [0.4, 0.5) is 0 Å². The topological polar surface area (TPSA) is 71.4 Å². The van der Waals surface area contributed by atoms with Gasteiger partial charge in [-0.1, -0.05) is 19.3 Å². The van der Waals surface area contributed by atoms with Crippen LogP contribution in [0.3, 0.4) is 0 Å². The summed E-state index contributed by atoms with van der Waals surface area (Å²) < 4.78 is 30.8. The predicted octanol–water partition coefficient (Wildman–Crippen LogP) is 3.82. The van der Waals surface area contributed by atoms with Crippen LogP contribution in [-0.2, 0) is 14.9 Å². The highest BCUT2D eigenvalue weighted by molar-refractivity contribution is 8.08. The summed E-state index contributed by atoms with van der Waals surface area (Å²) in [6.07, 6.45) is 7.26. The molecule has 1 saturated carbocycles. The SMILES string of the molecule is O=C(CC(CCCS(=O)(=O)O)[C+]1CSCCS1)C1CCCCC1. The molecule has 4 nitrogen and oxygen atoms in total. The summed E-state index contributed by atoms with van der Waals surface area (Å²) in [5.74, 6) is 3.74. The Labute approximate surface area is 148 Å². The van der Waals surface area contributed by atoms with Crippen molar-refractivity contribution < 1.29 is 17.8 Å². The van der Waals surface area contributed by atoms with Crippen LogP contribution in [0.1, 0.15) is 51.4 Å². The fourth-order valence-electron chi connectivity index (χ4n) is 3.40. The first-order valence-corrected chi connectivity index (χ1v) is 12.2. The Balaban J connectivity index is 1.90. The van der Waals surface area contributed by atoms with Gasteiger partial charge in [0.05, 0.1) is 23.9 Å². The van der Waals surface area contributed by atoms with Crippen molar-refractivity contribution in [3.05, 3.63) is 5.25 Å². The van der Waals surface area contributed by atoms with Crippen LogP contribution < -0.4 is 0 Å². The van der Waals surface area contributed by atoms with Gasteiger partial charge in [0.1, 0.15) is 17.5 Å². The lowest BCUT2D eigenvalue weighted by molar-refractivity contribution is -0.124. The quantitative estimate of drug-likeness (QED) is 0.510. The van der Waals surface area contributed by atoms with Crippen molar-refractivity contribution in [1.82, 2.24) is 0 Å². The molecule has 0 aromatic rings. The van der Waals surface area contributed by atoms with Gasteiger partial charge in [-0.05, 0) is 25.7 Å². The largest absolute Gasteiger partial charge is 0.299 e. The van der Waals surface area contributed by atoms with Crippen molar-refractivity contribution in [2.24, 2.45) is 11.8 Å². The van der Waals surface area contributed by atoms with Crippen molar-refractivity contribution in [3.8, 4) is 0 Å². The van der Waals surface area contributed by atoms with Crippen LogP contribution in [0.25, 0.3) is 0 Å². The Morgan fingerprint density at radius 2 is 1.96 bits per heavy atom. The molecule has 2 rings (SSSR count). The summed E-state index contributed by atoms with van der Waals surface area (Å²) in [4.78, 5) is 12.6. The van der Waals surface area contributed by atoms with Gasteiger partial charge in [0.2, 0.25) is 0 Å². The minimum atomic E-state index is -3.91. The second-order valence-electron chi connectivity index (χ2n) is 6.50. The highest BCUT2D eigenvalue weighted by Crippen LogP contribution is 2.41. The lowest BCUT2D eigenvalue weighted by atomic mass is 9.82. The van der Waals surface area contributed by atoms with Gasteiger partial charge >= 0.3 is 0 Å². The molecule has 2 aliphatic rings. The molecular weight excluding hydrogens is 352 g/mol. The van der Waals surface area contributed by atoms with Crippen molar-refractivity contribution in [2.45, 2.75) is 51.4 Å². The molecule has 23 heavy (non-hydrogen) atoms. The lowest BCUT2D eigenvalue weighted by Crippen LogP contribution is -2.25. The molecule has 1 unspecified atom stereocenters. The van der Waals surface area contributed by atoms with Gasteiger partial charge in [0.15, 0.2) is 5.25 Å². The minimum absolute atomic E-state index is 0.170. The Kier molecular flexibility index (Phi) is 8.12. The minimum Gasteiger partial charge on any atom is -0.299 e. The zero-order chi connectivity index (χ0) is 16.7. The molecule has 2 fully saturated rings. The van der Waals surface area contributed by atoms with Gasteiger partial charge in [0, 0.05) is 17.4 Å². The number of carbonyl (C=O) groups is 1. The Morgan fingerprint density at radius 3 is 2.57 bits per heavy atom. The van der Waals surface area contributed by atoms with Gasteiger partial charge in [-0.25, -0.2) is 0 Å². The van der Waals surface area contributed by atoms with E-state index in [4.69, 9.17) is 4.55 Å².